The van der Waals surface area contributed by atoms with Crippen LogP contribution in [0, 0.1) is 6.92 Å². The Morgan fingerprint density at radius 1 is 1.35 bits per heavy atom. The van der Waals surface area contributed by atoms with Gasteiger partial charge < -0.3 is 5.32 Å². The van der Waals surface area contributed by atoms with Crippen molar-refractivity contribution in [2.24, 2.45) is 0 Å². The van der Waals surface area contributed by atoms with Crippen LogP contribution in [0.25, 0.3) is 0 Å². The summed E-state index contributed by atoms with van der Waals surface area (Å²) in [5, 5.41) is 7.24. The third-order valence-corrected chi connectivity index (χ3v) is 4.96. The Morgan fingerprint density at radius 2 is 2.08 bits per heavy atom. The third kappa shape index (κ3) is 4.73. The predicted octanol–water partition coefficient (Wildman–Crippen LogP) is 4.71. The molecule has 2 aromatic rings. The molecule has 5 nitrogen and oxygen atoms in total. The molecule has 26 heavy (non-hydrogen) atoms. The van der Waals surface area contributed by atoms with Gasteiger partial charge in [-0.05, 0) is 44.5 Å². The summed E-state index contributed by atoms with van der Waals surface area (Å²) in [6.45, 7) is 2.08. The minimum Gasteiger partial charge on any atom is -0.308 e. The summed E-state index contributed by atoms with van der Waals surface area (Å²) < 4.78 is 38.8. The van der Waals surface area contributed by atoms with Crippen molar-refractivity contribution in [1.82, 2.24) is 9.88 Å². The van der Waals surface area contributed by atoms with Crippen molar-refractivity contribution in [2.45, 2.75) is 38.5 Å². The lowest BCUT2D eigenvalue weighted by Crippen LogP contribution is -2.21. The molecule has 1 fully saturated rings. The van der Waals surface area contributed by atoms with E-state index in [1.54, 1.807) is 0 Å². The van der Waals surface area contributed by atoms with Crippen molar-refractivity contribution in [3.8, 4) is 0 Å². The summed E-state index contributed by atoms with van der Waals surface area (Å²) >= 11 is 1.28. The number of benzene rings is 1. The zero-order chi connectivity index (χ0) is 18.9. The number of carbonyl (C=O) groups is 1. The number of amides is 2. The van der Waals surface area contributed by atoms with Gasteiger partial charge in [-0.1, -0.05) is 6.07 Å². The first-order chi connectivity index (χ1) is 12.2. The van der Waals surface area contributed by atoms with Gasteiger partial charge in [0, 0.05) is 23.7 Å². The van der Waals surface area contributed by atoms with Crippen LogP contribution in [-0.2, 0) is 12.7 Å². The number of hydrogen-bond acceptors (Lipinski definition) is 4. The fourth-order valence-corrected chi connectivity index (χ4v) is 3.30. The number of alkyl halides is 3. The van der Waals surface area contributed by atoms with Gasteiger partial charge in [0.25, 0.3) is 0 Å². The van der Waals surface area contributed by atoms with E-state index in [4.69, 9.17) is 0 Å². The first-order valence-electron chi connectivity index (χ1n) is 8.13. The molecule has 1 aliphatic carbocycles. The molecule has 0 unspecified atom stereocenters. The Balaban J connectivity index is 1.60. The summed E-state index contributed by atoms with van der Waals surface area (Å²) in [5.74, 6) is 0. The Morgan fingerprint density at radius 3 is 2.73 bits per heavy atom. The lowest BCUT2D eigenvalue weighted by molar-refractivity contribution is -0.138. The number of urea groups is 1. The van der Waals surface area contributed by atoms with Gasteiger partial charge in [0.2, 0.25) is 0 Å². The van der Waals surface area contributed by atoms with Gasteiger partial charge in [-0.15, -0.1) is 11.3 Å². The van der Waals surface area contributed by atoms with E-state index in [0.29, 0.717) is 17.7 Å². The molecule has 1 aliphatic rings. The molecule has 1 heterocycles. The Hall–Kier alpha value is -2.13. The summed E-state index contributed by atoms with van der Waals surface area (Å²) in [5.41, 5.74) is 0.266. The molecule has 0 bridgehead atoms. The van der Waals surface area contributed by atoms with Crippen LogP contribution in [0.2, 0.25) is 0 Å². The van der Waals surface area contributed by atoms with E-state index >= 15 is 0 Å². The number of nitrogens with one attached hydrogen (secondary N) is 2. The number of hydrogen-bond donors (Lipinski definition) is 2. The fraction of sp³-hybridized carbons (Fsp3) is 0.412. The fourth-order valence-electron chi connectivity index (χ4n) is 2.60. The van der Waals surface area contributed by atoms with Crippen LogP contribution < -0.4 is 10.6 Å². The maximum Gasteiger partial charge on any atom is 0.416 e. The van der Waals surface area contributed by atoms with Crippen LogP contribution >= 0.6 is 11.3 Å². The van der Waals surface area contributed by atoms with Crippen LogP contribution in [-0.4, -0.2) is 29.0 Å². The molecular weight excluding hydrogens is 365 g/mol. The Kier molecular flexibility index (Phi) is 5.19. The third-order valence-electron chi connectivity index (χ3n) is 4.15. The molecule has 1 aromatic heterocycles. The zero-order valence-corrected chi connectivity index (χ0v) is 15.2. The highest BCUT2D eigenvalue weighted by molar-refractivity contribution is 7.13. The SMILES string of the molecule is Cc1ccc(NC(=O)Nc2nc(CN(C)C3CC3)cs2)cc1C(F)(F)F. The number of aromatic nitrogens is 1. The van der Waals surface area contributed by atoms with Crippen molar-refractivity contribution in [3.05, 3.63) is 40.4 Å². The van der Waals surface area contributed by atoms with Crippen LogP contribution in [0.5, 0.6) is 0 Å². The van der Waals surface area contributed by atoms with Crippen molar-refractivity contribution < 1.29 is 18.0 Å². The van der Waals surface area contributed by atoms with Crippen molar-refractivity contribution in [1.29, 1.82) is 0 Å². The lowest BCUT2D eigenvalue weighted by Gasteiger charge is -2.13. The smallest absolute Gasteiger partial charge is 0.308 e. The normalized spacial score (nSPS) is 14.5. The van der Waals surface area contributed by atoms with Gasteiger partial charge >= 0.3 is 12.2 Å². The highest BCUT2D eigenvalue weighted by Crippen LogP contribution is 2.33. The van der Waals surface area contributed by atoms with E-state index in [1.807, 2.05) is 12.4 Å². The van der Waals surface area contributed by atoms with Crippen molar-refractivity contribution in [2.75, 3.05) is 17.7 Å². The number of nitrogens with zero attached hydrogens (tertiary/aromatic N) is 2. The monoisotopic (exact) mass is 384 g/mol. The van der Waals surface area contributed by atoms with E-state index in [0.717, 1.165) is 11.8 Å². The van der Waals surface area contributed by atoms with E-state index < -0.39 is 17.8 Å². The number of aryl methyl sites for hydroxylation is 1. The summed E-state index contributed by atoms with van der Waals surface area (Å²) in [6.07, 6.45) is -2.06. The highest BCUT2D eigenvalue weighted by atomic mass is 32.1. The summed E-state index contributed by atoms with van der Waals surface area (Å²) in [6, 6.07) is 3.67. The molecular formula is C17H19F3N4OS. The topological polar surface area (TPSA) is 57.3 Å². The van der Waals surface area contributed by atoms with Gasteiger partial charge in [-0.2, -0.15) is 13.2 Å². The quantitative estimate of drug-likeness (QED) is 0.785. The number of anilines is 2. The standard InChI is InChI=1S/C17H19F3N4OS/c1-10-3-4-11(7-14(10)17(18,19)20)21-15(25)23-16-22-12(9-26-16)8-24(2)13-5-6-13/h3-4,7,9,13H,5-6,8H2,1-2H3,(H2,21,22,23,25). The highest BCUT2D eigenvalue weighted by Gasteiger charge is 2.32. The van der Waals surface area contributed by atoms with Gasteiger partial charge in [0.15, 0.2) is 5.13 Å². The maximum atomic E-state index is 12.9. The average molecular weight is 384 g/mol. The second kappa shape index (κ2) is 7.24. The van der Waals surface area contributed by atoms with E-state index in [-0.39, 0.29) is 11.3 Å². The Bertz CT molecular complexity index is 802. The average Bonchev–Trinajstić information content (AvgIpc) is 3.31. The molecule has 140 valence electrons. The van der Waals surface area contributed by atoms with E-state index in [2.05, 4.69) is 20.5 Å². The van der Waals surface area contributed by atoms with Gasteiger partial charge in [-0.3, -0.25) is 10.2 Å². The molecule has 0 atom stereocenters. The number of halogens is 3. The van der Waals surface area contributed by atoms with Gasteiger partial charge in [-0.25, -0.2) is 9.78 Å². The first kappa shape index (κ1) is 18.7. The molecule has 1 aromatic carbocycles. The second-order valence-corrected chi connectivity index (χ2v) is 7.25. The summed E-state index contributed by atoms with van der Waals surface area (Å²) in [7, 11) is 2.03. The zero-order valence-electron chi connectivity index (χ0n) is 14.4. The predicted molar refractivity (Wildman–Crippen MR) is 95.4 cm³/mol. The molecule has 1 saturated carbocycles. The molecule has 9 heteroatoms. The van der Waals surface area contributed by atoms with E-state index in [9.17, 15) is 18.0 Å². The number of rotatable bonds is 5. The van der Waals surface area contributed by atoms with Crippen LogP contribution in [0.1, 0.15) is 29.7 Å². The minimum absolute atomic E-state index is 0.0747. The van der Waals surface area contributed by atoms with Crippen LogP contribution in [0.4, 0.5) is 28.8 Å². The summed E-state index contributed by atoms with van der Waals surface area (Å²) in [4.78, 5) is 18.6. The van der Waals surface area contributed by atoms with Crippen molar-refractivity contribution >= 4 is 28.2 Å². The maximum absolute atomic E-state index is 12.9. The van der Waals surface area contributed by atoms with E-state index in [1.165, 1.54) is 43.2 Å². The molecule has 2 amide bonds. The largest absolute Gasteiger partial charge is 0.416 e. The van der Waals surface area contributed by atoms with Crippen LogP contribution in [0.15, 0.2) is 23.6 Å². The molecule has 0 aliphatic heterocycles. The van der Waals surface area contributed by atoms with Crippen molar-refractivity contribution in [3.63, 3.8) is 0 Å². The van der Waals surface area contributed by atoms with Gasteiger partial charge in [0.1, 0.15) is 0 Å². The molecule has 3 rings (SSSR count). The molecule has 0 saturated heterocycles. The van der Waals surface area contributed by atoms with Gasteiger partial charge in [0.05, 0.1) is 11.3 Å². The molecule has 0 radical (unpaired) electrons. The number of carbonyl (C=O) groups excluding carboxylic acids is 1. The first-order valence-corrected chi connectivity index (χ1v) is 9.01. The molecule has 2 N–H and O–H groups in total. The van der Waals surface area contributed by atoms with Crippen LogP contribution in [0.3, 0.4) is 0 Å². The number of thiazole rings is 1. The second-order valence-electron chi connectivity index (χ2n) is 6.40. The molecule has 0 spiro atoms. The lowest BCUT2D eigenvalue weighted by atomic mass is 10.1. The minimum atomic E-state index is -4.46. The Labute approximate surface area is 153 Å².